The number of hydrogen-bond donors (Lipinski definition) is 2. The minimum absolute atomic E-state index is 0.299. The second-order valence-electron chi connectivity index (χ2n) is 2.47. The highest BCUT2D eigenvalue weighted by Gasteiger charge is 1.99. The molecule has 0 atom stereocenters. The van der Waals surface area contributed by atoms with Crippen LogP contribution in [0.4, 0.5) is 5.82 Å². The average Bonchev–Trinajstić information content (AvgIpc) is 2.53. The first-order valence-electron chi connectivity index (χ1n) is 3.61. The summed E-state index contributed by atoms with van der Waals surface area (Å²) in [5, 5.41) is 5.87. The predicted molar refractivity (Wildman–Crippen MR) is 46.4 cm³/mol. The van der Waals surface area contributed by atoms with Crippen LogP contribution in [0.2, 0.25) is 0 Å². The summed E-state index contributed by atoms with van der Waals surface area (Å²) >= 11 is 0. The van der Waals surface area contributed by atoms with Gasteiger partial charge in [-0.1, -0.05) is 0 Å². The van der Waals surface area contributed by atoms with Gasteiger partial charge in [0, 0.05) is 0 Å². The van der Waals surface area contributed by atoms with Crippen LogP contribution in [0.5, 0.6) is 0 Å². The Hall–Kier alpha value is -2.11. The quantitative estimate of drug-likeness (QED) is 0.616. The van der Waals surface area contributed by atoms with E-state index >= 15 is 0 Å². The van der Waals surface area contributed by atoms with Gasteiger partial charge < -0.3 is 5.73 Å². The fourth-order valence-corrected chi connectivity index (χ4v) is 0.972. The Labute approximate surface area is 73.0 Å². The zero-order valence-corrected chi connectivity index (χ0v) is 6.64. The SMILES string of the molecule is Nc1ccc(-n2cn[nH]c2=O)cn1. The van der Waals surface area contributed by atoms with Crippen molar-refractivity contribution in [2.75, 3.05) is 5.73 Å². The van der Waals surface area contributed by atoms with Crippen LogP contribution >= 0.6 is 0 Å². The van der Waals surface area contributed by atoms with Gasteiger partial charge in [-0.15, -0.1) is 0 Å². The second kappa shape index (κ2) is 2.74. The number of H-pyrrole nitrogens is 1. The molecule has 0 aliphatic heterocycles. The summed E-state index contributed by atoms with van der Waals surface area (Å²) in [6.07, 6.45) is 2.89. The highest BCUT2D eigenvalue weighted by molar-refractivity contribution is 5.36. The molecule has 6 nitrogen and oxygen atoms in total. The van der Waals surface area contributed by atoms with Crippen LogP contribution in [-0.4, -0.2) is 19.7 Å². The van der Waals surface area contributed by atoms with Gasteiger partial charge in [0.05, 0.1) is 11.9 Å². The largest absolute Gasteiger partial charge is 0.384 e. The van der Waals surface area contributed by atoms with Gasteiger partial charge in [0.25, 0.3) is 0 Å². The van der Waals surface area contributed by atoms with Crippen LogP contribution in [0.25, 0.3) is 5.69 Å². The Morgan fingerprint density at radius 3 is 2.85 bits per heavy atom. The molecule has 13 heavy (non-hydrogen) atoms. The molecule has 0 aliphatic rings. The van der Waals surface area contributed by atoms with E-state index in [2.05, 4.69) is 15.2 Å². The summed E-state index contributed by atoms with van der Waals surface area (Å²) in [5.74, 6) is 0.417. The summed E-state index contributed by atoms with van der Waals surface area (Å²) in [4.78, 5) is 14.9. The topological polar surface area (TPSA) is 89.6 Å². The van der Waals surface area contributed by atoms with Gasteiger partial charge in [0.2, 0.25) is 0 Å². The normalized spacial score (nSPS) is 10.2. The first-order valence-corrected chi connectivity index (χ1v) is 3.61. The van der Waals surface area contributed by atoms with E-state index in [1.165, 1.54) is 17.1 Å². The molecule has 0 unspecified atom stereocenters. The molecule has 0 spiro atoms. The highest BCUT2D eigenvalue weighted by Crippen LogP contribution is 2.03. The van der Waals surface area contributed by atoms with Crippen molar-refractivity contribution in [3.05, 3.63) is 35.1 Å². The van der Waals surface area contributed by atoms with Crippen molar-refractivity contribution in [1.82, 2.24) is 19.7 Å². The molecule has 0 amide bonds. The Balaban J connectivity index is 2.54. The van der Waals surface area contributed by atoms with E-state index in [4.69, 9.17) is 5.73 Å². The van der Waals surface area contributed by atoms with E-state index in [1.807, 2.05) is 0 Å². The molecule has 6 heteroatoms. The predicted octanol–water partition coefficient (Wildman–Crippen LogP) is -0.462. The fraction of sp³-hybridized carbons (Fsp3) is 0. The van der Waals surface area contributed by atoms with Crippen molar-refractivity contribution in [3.8, 4) is 5.69 Å². The second-order valence-corrected chi connectivity index (χ2v) is 2.47. The monoisotopic (exact) mass is 177 g/mol. The van der Waals surface area contributed by atoms with Gasteiger partial charge >= 0.3 is 5.69 Å². The highest BCUT2D eigenvalue weighted by atomic mass is 16.1. The van der Waals surface area contributed by atoms with E-state index in [0.29, 0.717) is 11.5 Å². The Bertz CT molecular complexity index is 454. The molecule has 0 bridgehead atoms. The minimum atomic E-state index is -0.299. The van der Waals surface area contributed by atoms with Crippen LogP contribution in [0.15, 0.2) is 29.5 Å². The van der Waals surface area contributed by atoms with Crippen LogP contribution < -0.4 is 11.4 Å². The van der Waals surface area contributed by atoms with Crippen LogP contribution in [0, 0.1) is 0 Å². The third kappa shape index (κ3) is 1.28. The standard InChI is InChI=1S/C7H7N5O/c8-6-2-1-5(3-9-6)12-4-10-11-7(12)13/h1-4H,(H2,8,9)(H,11,13). The van der Waals surface area contributed by atoms with E-state index < -0.39 is 0 Å². The van der Waals surface area contributed by atoms with Crippen molar-refractivity contribution < 1.29 is 0 Å². The van der Waals surface area contributed by atoms with Crippen LogP contribution in [0.3, 0.4) is 0 Å². The van der Waals surface area contributed by atoms with E-state index in [1.54, 1.807) is 12.1 Å². The number of nitrogens with zero attached hydrogens (tertiary/aromatic N) is 3. The molecular formula is C7H7N5O. The van der Waals surface area contributed by atoms with Crippen LogP contribution in [0.1, 0.15) is 0 Å². The van der Waals surface area contributed by atoms with Crippen molar-refractivity contribution in [2.45, 2.75) is 0 Å². The first kappa shape index (κ1) is 7.53. The number of nitrogens with two attached hydrogens (primary N) is 1. The summed E-state index contributed by atoms with van der Waals surface area (Å²) in [6, 6.07) is 3.31. The lowest BCUT2D eigenvalue weighted by atomic mass is 10.4. The summed E-state index contributed by atoms with van der Waals surface area (Å²) in [6.45, 7) is 0. The average molecular weight is 177 g/mol. The molecule has 0 radical (unpaired) electrons. The first-order chi connectivity index (χ1) is 6.27. The van der Waals surface area contributed by atoms with Gasteiger partial charge in [-0.3, -0.25) is 0 Å². The molecule has 2 heterocycles. The van der Waals surface area contributed by atoms with E-state index in [-0.39, 0.29) is 5.69 Å². The maximum absolute atomic E-state index is 11.1. The molecule has 2 aromatic rings. The third-order valence-corrected chi connectivity index (χ3v) is 1.60. The Morgan fingerprint density at radius 1 is 1.46 bits per heavy atom. The van der Waals surface area contributed by atoms with Gasteiger partial charge in [-0.2, -0.15) is 5.10 Å². The smallest absolute Gasteiger partial charge is 0.347 e. The minimum Gasteiger partial charge on any atom is -0.384 e. The molecule has 0 saturated heterocycles. The Kier molecular flexibility index (Phi) is 1.59. The maximum Gasteiger partial charge on any atom is 0.347 e. The van der Waals surface area contributed by atoms with Crippen molar-refractivity contribution in [1.29, 1.82) is 0 Å². The number of anilines is 1. The molecule has 0 fully saturated rings. The van der Waals surface area contributed by atoms with Crippen molar-refractivity contribution in [3.63, 3.8) is 0 Å². The molecule has 66 valence electrons. The maximum atomic E-state index is 11.1. The molecule has 2 rings (SSSR count). The zero-order valence-electron chi connectivity index (χ0n) is 6.64. The lowest BCUT2D eigenvalue weighted by Crippen LogP contribution is -2.14. The lowest BCUT2D eigenvalue weighted by Gasteiger charge is -1.98. The number of nitrogens with one attached hydrogen (secondary N) is 1. The number of pyridine rings is 1. The molecule has 3 N–H and O–H groups in total. The molecule has 0 aliphatic carbocycles. The molecule has 0 aromatic carbocycles. The molecule has 0 saturated carbocycles. The van der Waals surface area contributed by atoms with Crippen LogP contribution in [-0.2, 0) is 0 Å². The summed E-state index contributed by atoms with van der Waals surface area (Å²) in [5.41, 5.74) is 5.73. The summed E-state index contributed by atoms with van der Waals surface area (Å²) in [7, 11) is 0. The number of rotatable bonds is 1. The van der Waals surface area contributed by atoms with Crippen molar-refractivity contribution >= 4 is 5.82 Å². The van der Waals surface area contributed by atoms with Gasteiger partial charge in [-0.25, -0.2) is 19.4 Å². The number of aromatic amines is 1. The summed E-state index contributed by atoms with van der Waals surface area (Å²) < 4.78 is 1.34. The molecular weight excluding hydrogens is 170 g/mol. The van der Waals surface area contributed by atoms with E-state index in [0.717, 1.165) is 0 Å². The van der Waals surface area contributed by atoms with Crippen molar-refractivity contribution in [2.24, 2.45) is 0 Å². The number of aromatic nitrogens is 4. The third-order valence-electron chi connectivity index (χ3n) is 1.60. The number of nitrogen functional groups attached to an aromatic ring is 1. The lowest BCUT2D eigenvalue weighted by molar-refractivity contribution is 0.974. The number of hydrogen-bond acceptors (Lipinski definition) is 4. The molecule has 2 aromatic heterocycles. The van der Waals surface area contributed by atoms with E-state index in [9.17, 15) is 4.79 Å². The van der Waals surface area contributed by atoms with Gasteiger partial charge in [-0.05, 0) is 12.1 Å². The fourth-order valence-electron chi connectivity index (χ4n) is 0.972. The zero-order chi connectivity index (χ0) is 9.26. The Morgan fingerprint density at radius 2 is 2.31 bits per heavy atom. The van der Waals surface area contributed by atoms with Gasteiger partial charge in [0.15, 0.2) is 0 Å². The van der Waals surface area contributed by atoms with Gasteiger partial charge in [0.1, 0.15) is 12.1 Å².